The zero-order valence-electron chi connectivity index (χ0n) is 17.4. The van der Waals surface area contributed by atoms with Gasteiger partial charge in [0.05, 0.1) is 25.4 Å². The lowest BCUT2D eigenvalue weighted by Crippen LogP contribution is -2.48. The number of ether oxygens (including phenoxy) is 1. The number of likely N-dealkylation sites (N-methyl/N-ethyl adjacent to an activating group) is 1. The highest BCUT2D eigenvalue weighted by molar-refractivity contribution is 6.34. The second-order valence-electron chi connectivity index (χ2n) is 7.84. The SMILES string of the molecule is COc1ccc([C@H]2CC(c3ccccc3Cl)=NN2C(=O)CN2CCN(C)CC2)cc1. The van der Waals surface area contributed by atoms with Crippen LogP contribution in [0, 0.1) is 0 Å². The summed E-state index contributed by atoms with van der Waals surface area (Å²) in [6.07, 6.45) is 0.630. The highest BCUT2D eigenvalue weighted by Crippen LogP contribution is 2.35. The van der Waals surface area contributed by atoms with Gasteiger partial charge in [0, 0.05) is 43.2 Å². The minimum Gasteiger partial charge on any atom is -0.497 e. The van der Waals surface area contributed by atoms with Crippen molar-refractivity contribution in [3.8, 4) is 5.75 Å². The monoisotopic (exact) mass is 426 g/mol. The average molecular weight is 427 g/mol. The Balaban J connectivity index is 1.59. The van der Waals surface area contributed by atoms with E-state index in [9.17, 15) is 4.79 Å². The average Bonchev–Trinajstić information content (AvgIpc) is 3.21. The number of hydrogen-bond acceptors (Lipinski definition) is 5. The van der Waals surface area contributed by atoms with Crippen molar-refractivity contribution in [2.75, 3.05) is 46.9 Å². The van der Waals surface area contributed by atoms with Gasteiger partial charge in [0.15, 0.2) is 0 Å². The molecule has 0 unspecified atom stereocenters. The van der Waals surface area contributed by atoms with E-state index < -0.39 is 0 Å². The maximum absolute atomic E-state index is 13.3. The Hall–Kier alpha value is -2.41. The van der Waals surface area contributed by atoms with Gasteiger partial charge >= 0.3 is 0 Å². The predicted octanol–water partition coefficient (Wildman–Crippen LogP) is 3.27. The van der Waals surface area contributed by atoms with E-state index in [0.717, 1.165) is 48.8 Å². The molecule has 0 N–H and O–H groups in total. The van der Waals surface area contributed by atoms with Crippen molar-refractivity contribution in [1.82, 2.24) is 14.8 Å². The summed E-state index contributed by atoms with van der Waals surface area (Å²) in [6, 6.07) is 15.4. The fourth-order valence-corrected chi connectivity index (χ4v) is 4.20. The number of halogens is 1. The molecule has 1 atom stereocenters. The number of hydrogen-bond donors (Lipinski definition) is 0. The molecular weight excluding hydrogens is 400 g/mol. The van der Waals surface area contributed by atoms with E-state index in [1.807, 2.05) is 48.5 Å². The van der Waals surface area contributed by atoms with Crippen LogP contribution in [0.25, 0.3) is 0 Å². The van der Waals surface area contributed by atoms with E-state index >= 15 is 0 Å². The van der Waals surface area contributed by atoms with Crippen LogP contribution < -0.4 is 4.74 Å². The lowest BCUT2D eigenvalue weighted by atomic mass is 9.98. The molecule has 7 heteroatoms. The topological polar surface area (TPSA) is 48.4 Å². The molecule has 0 bridgehead atoms. The largest absolute Gasteiger partial charge is 0.497 e. The van der Waals surface area contributed by atoms with Crippen molar-refractivity contribution >= 4 is 23.2 Å². The number of rotatable bonds is 5. The molecule has 0 radical (unpaired) electrons. The van der Waals surface area contributed by atoms with Gasteiger partial charge in [-0.25, -0.2) is 5.01 Å². The van der Waals surface area contributed by atoms with Gasteiger partial charge in [-0.2, -0.15) is 5.10 Å². The number of methoxy groups -OCH3 is 1. The molecule has 0 spiro atoms. The summed E-state index contributed by atoms with van der Waals surface area (Å²) in [6.45, 7) is 4.11. The first-order chi connectivity index (χ1) is 14.5. The van der Waals surface area contributed by atoms with E-state index in [0.29, 0.717) is 18.0 Å². The Labute approximate surface area is 182 Å². The van der Waals surface area contributed by atoms with Gasteiger partial charge in [-0.3, -0.25) is 9.69 Å². The molecule has 1 saturated heterocycles. The van der Waals surface area contributed by atoms with Gasteiger partial charge in [-0.15, -0.1) is 0 Å². The van der Waals surface area contributed by atoms with Crippen LogP contribution in [0.1, 0.15) is 23.6 Å². The van der Waals surface area contributed by atoms with E-state index in [2.05, 4.69) is 16.8 Å². The van der Waals surface area contributed by atoms with Crippen molar-refractivity contribution in [1.29, 1.82) is 0 Å². The molecule has 0 aliphatic carbocycles. The summed E-state index contributed by atoms with van der Waals surface area (Å²) in [4.78, 5) is 17.8. The third kappa shape index (κ3) is 4.51. The number of carbonyl (C=O) groups excluding carboxylic acids is 1. The Kier molecular flexibility index (Phi) is 6.37. The zero-order chi connectivity index (χ0) is 21.1. The fraction of sp³-hybridized carbons (Fsp3) is 0.391. The lowest BCUT2D eigenvalue weighted by Gasteiger charge is -2.33. The summed E-state index contributed by atoms with van der Waals surface area (Å²) in [7, 11) is 3.76. The fourth-order valence-electron chi connectivity index (χ4n) is 3.95. The lowest BCUT2D eigenvalue weighted by molar-refractivity contribution is -0.134. The molecule has 2 aromatic carbocycles. The summed E-state index contributed by atoms with van der Waals surface area (Å²) in [5, 5.41) is 7.05. The number of benzene rings is 2. The molecule has 0 saturated carbocycles. The molecule has 30 heavy (non-hydrogen) atoms. The Morgan fingerprint density at radius 2 is 1.80 bits per heavy atom. The van der Waals surface area contributed by atoms with Crippen LogP contribution in [0.3, 0.4) is 0 Å². The molecule has 2 aliphatic heterocycles. The van der Waals surface area contributed by atoms with E-state index in [4.69, 9.17) is 21.4 Å². The first kappa shape index (κ1) is 20.8. The highest BCUT2D eigenvalue weighted by atomic mass is 35.5. The number of amides is 1. The van der Waals surface area contributed by atoms with E-state index in [1.165, 1.54) is 0 Å². The Bertz CT molecular complexity index is 923. The van der Waals surface area contributed by atoms with Gasteiger partial charge in [0.1, 0.15) is 5.75 Å². The maximum atomic E-state index is 13.3. The molecule has 6 nitrogen and oxygen atoms in total. The normalized spacial score (nSPS) is 20.3. The number of piperazine rings is 1. The molecular formula is C23H27ClN4O2. The van der Waals surface area contributed by atoms with Gasteiger partial charge in [-0.1, -0.05) is 41.9 Å². The van der Waals surface area contributed by atoms with Crippen molar-refractivity contribution < 1.29 is 9.53 Å². The molecule has 2 aliphatic rings. The van der Waals surface area contributed by atoms with Crippen LogP contribution in [0.15, 0.2) is 53.6 Å². The number of nitrogens with zero attached hydrogens (tertiary/aromatic N) is 4. The molecule has 1 amide bonds. The summed E-state index contributed by atoms with van der Waals surface area (Å²) in [5.74, 6) is 0.807. The standard InChI is InChI=1S/C23H27ClN4O2/c1-26-11-13-27(14-12-26)16-23(29)28-22(17-7-9-18(30-2)10-8-17)15-21(25-28)19-5-3-4-6-20(19)24/h3-10,22H,11-16H2,1-2H3/t22-/m1/s1. The van der Waals surface area contributed by atoms with Crippen LogP contribution in [0.5, 0.6) is 5.75 Å². The van der Waals surface area contributed by atoms with Gasteiger partial charge in [0.2, 0.25) is 0 Å². The Morgan fingerprint density at radius 3 is 2.47 bits per heavy atom. The Morgan fingerprint density at radius 1 is 1.10 bits per heavy atom. The van der Waals surface area contributed by atoms with Gasteiger partial charge in [-0.05, 0) is 30.8 Å². The molecule has 158 valence electrons. The van der Waals surface area contributed by atoms with Crippen LogP contribution >= 0.6 is 11.6 Å². The number of hydrazone groups is 1. The summed E-state index contributed by atoms with van der Waals surface area (Å²) in [5.41, 5.74) is 2.76. The van der Waals surface area contributed by atoms with E-state index in [1.54, 1.807) is 12.1 Å². The number of carbonyl (C=O) groups is 1. The molecule has 4 rings (SSSR count). The van der Waals surface area contributed by atoms with Crippen molar-refractivity contribution in [3.05, 3.63) is 64.7 Å². The first-order valence-electron chi connectivity index (χ1n) is 10.2. The second-order valence-corrected chi connectivity index (χ2v) is 8.24. The molecule has 1 fully saturated rings. The quantitative estimate of drug-likeness (QED) is 0.736. The van der Waals surface area contributed by atoms with Gasteiger partial charge < -0.3 is 9.64 Å². The third-order valence-corrected chi connectivity index (χ3v) is 6.14. The minimum atomic E-state index is -0.151. The van der Waals surface area contributed by atoms with E-state index in [-0.39, 0.29) is 11.9 Å². The van der Waals surface area contributed by atoms with Crippen molar-refractivity contribution in [2.24, 2.45) is 5.10 Å². The van der Waals surface area contributed by atoms with Crippen LogP contribution in [0.2, 0.25) is 5.02 Å². The third-order valence-electron chi connectivity index (χ3n) is 5.81. The molecule has 0 aromatic heterocycles. The van der Waals surface area contributed by atoms with Crippen LogP contribution in [-0.2, 0) is 4.79 Å². The maximum Gasteiger partial charge on any atom is 0.257 e. The predicted molar refractivity (Wildman–Crippen MR) is 119 cm³/mol. The zero-order valence-corrected chi connectivity index (χ0v) is 18.2. The molecule has 2 heterocycles. The summed E-state index contributed by atoms with van der Waals surface area (Å²) < 4.78 is 5.28. The van der Waals surface area contributed by atoms with Crippen molar-refractivity contribution in [2.45, 2.75) is 12.5 Å². The van der Waals surface area contributed by atoms with Crippen LogP contribution in [0.4, 0.5) is 0 Å². The van der Waals surface area contributed by atoms with Crippen molar-refractivity contribution in [3.63, 3.8) is 0 Å². The van der Waals surface area contributed by atoms with Gasteiger partial charge in [0.25, 0.3) is 5.91 Å². The summed E-state index contributed by atoms with van der Waals surface area (Å²) >= 11 is 6.42. The smallest absolute Gasteiger partial charge is 0.257 e. The molecule has 2 aromatic rings. The minimum absolute atomic E-state index is 0.0161. The second kappa shape index (κ2) is 9.16. The first-order valence-corrected chi connectivity index (χ1v) is 10.6. The van der Waals surface area contributed by atoms with Crippen LogP contribution in [-0.4, -0.2) is 73.3 Å². The highest BCUT2D eigenvalue weighted by Gasteiger charge is 2.34.